The summed E-state index contributed by atoms with van der Waals surface area (Å²) in [5.41, 5.74) is 4.01. The lowest BCUT2D eigenvalue weighted by Gasteiger charge is -2.23. The van der Waals surface area contributed by atoms with Crippen LogP contribution in [-0.2, 0) is 13.1 Å². The quantitative estimate of drug-likeness (QED) is 0.677. The number of hydrogen-bond acceptors (Lipinski definition) is 3. The molecule has 1 N–H and O–H groups in total. The lowest BCUT2D eigenvalue weighted by Crippen LogP contribution is -2.23. The largest absolute Gasteiger partial charge is 0.394 e. The highest BCUT2D eigenvalue weighted by Gasteiger charge is 2.19. The number of likely N-dealkylation sites (N-methyl/N-ethyl adjacent to an activating group) is 1. The molecule has 0 amide bonds. The number of nitrogens with zero attached hydrogens (tertiary/aromatic N) is 2. The maximum absolute atomic E-state index is 9.40. The average Bonchev–Trinajstić information content (AvgIpc) is 2.57. The van der Waals surface area contributed by atoms with Crippen LogP contribution in [-0.4, -0.2) is 33.8 Å². The first-order chi connectivity index (χ1) is 7.61. The van der Waals surface area contributed by atoms with Crippen LogP contribution in [0.1, 0.15) is 22.7 Å². The van der Waals surface area contributed by atoms with E-state index in [1.54, 1.807) is 0 Å². The Hall–Kier alpha value is -0.170. The van der Waals surface area contributed by atoms with Gasteiger partial charge in [0.2, 0.25) is 0 Å². The zero-order valence-electron chi connectivity index (χ0n) is 9.65. The van der Waals surface area contributed by atoms with Crippen molar-refractivity contribution in [3.8, 4) is 0 Å². The van der Waals surface area contributed by atoms with E-state index in [1.807, 2.05) is 14.1 Å². The Kier molecular flexibility index (Phi) is 3.84. The molecule has 1 aromatic rings. The fourth-order valence-corrected chi connectivity index (χ4v) is 2.88. The van der Waals surface area contributed by atoms with Crippen molar-refractivity contribution in [2.45, 2.75) is 19.1 Å². The van der Waals surface area contributed by atoms with Gasteiger partial charge in [-0.05, 0) is 30.8 Å². The van der Waals surface area contributed by atoms with Crippen LogP contribution in [0.3, 0.4) is 0 Å². The Bertz CT molecular complexity index is 381. The summed E-state index contributed by atoms with van der Waals surface area (Å²) in [7, 11) is 4.00. The van der Waals surface area contributed by atoms with Crippen LogP contribution in [0.4, 0.5) is 0 Å². The first-order valence-corrected chi connectivity index (χ1v) is 6.38. The number of halogens is 1. The van der Waals surface area contributed by atoms with E-state index in [1.165, 1.54) is 16.7 Å². The third kappa shape index (κ3) is 2.40. The minimum atomic E-state index is 0.105. The summed E-state index contributed by atoms with van der Waals surface area (Å²) in [6, 6.07) is 6.66. The maximum Gasteiger partial charge on any atom is 0.0628 e. The van der Waals surface area contributed by atoms with Gasteiger partial charge in [-0.3, -0.25) is 0 Å². The van der Waals surface area contributed by atoms with E-state index in [9.17, 15) is 5.11 Å². The van der Waals surface area contributed by atoms with Crippen LogP contribution in [0, 0.1) is 0 Å². The number of benzene rings is 1. The maximum atomic E-state index is 9.40. The molecule has 1 aliphatic rings. The zero-order valence-corrected chi connectivity index (χ0v) is 11.8. The van der Waals surface area contributed by atoms with Gasteiger partial charge in [0.1, 0.15) is 0 Å². The monoisotopic (exact) mass is 332 g/mol. The topological polar surface area (TPSA) is 26.7 Å². The van der Waals surface area contributed by atoms with Gasteiger partial charge in [0.05, 0.1) is 12.6 Å². The molecule has 1 aliphatic heterocycles. The first kappa shape index (κ1) is 12.3. The summed E-state index contributed by atoms with van der Waals surface area (Å²) in [5, 5.41) is 9.40. The van der Waals surface area contributed by atoms with Gasteiger partial charge in [-0.2, -0.15) is 0 Å². The van der Waals surface area contributed by atoms with Crippen LogP contribution >= 0.6 is 22.9 Å². The molecule has 0 spiro atoms. The molecule has 0 fully saturated rings. The van der Waals surface area contributed by atoms with Gasteiger partial charge in [-0.25, -0.2) is 3.11 Å². The molecule has 0 aromatic heterocycles. The fraction of sp³-hybridized carbons (Fsp3) is 0.500. The molecule has 16 heavy (non-hydrogen) atoms. The third-order valence-electron chi connectivity index (χ3n) is 3.10. The van der Waals surface area contributed by atoms with Crippen molar-refractivity contribution in [1.82, 2.24) is 8.01 Å². The molecule has 1 heterocycles. The van der Waals surface area contributed by atoms with E-state index >= 15 is 0 Å². The molecule has 0 radical (unpaired) electrons. The second-order valence-corrected chi connectivity index (χ2v) is 5.83. The number of aliphatic hydroxyl groups excluding tert-OH is 1. The van der Waals surface area contributed by atoms with Crippen molar-refractivity contribution in [1.29, 1.82) is 0 Å². The minimum absolute atomic E-state index is 0.105. The van der Waals surface area contributed by atoms with Gasteiger partial charge in [-0.1, -0.05) is 18.2 Å². The molecular weight excluding hydrogens is 315 g/mol. The van der Waals surface area contributed by atoms with Gasteiger partial charge in [0.25, 0.3) is 0 Å². The first-order valence-electron chi connectivity index (χ1n) is 5.41. The smallest absolute Gasteiger partial charge is 0.0628 e. The van der Waals surface area contributed by atoms with Crippen LogP contribution in [0.25, 0.3) is 0 Å². The Morgan fingerprint density at radius 2 is 2.06 bits per heavy atom. The predicted octanol–water partition coefficient (Wildman–Crippen LogP) is 1.95. The van der Waals surface area contributed by atoms with Crippen LogP contribution < -0.4 is 0 Å². The molecule has 0 bridgehead atoms. The third-order valence-corrected chi connectivity index (χ3v) is 3.78. The number of hydrogen-bond donors (Lipinski definition) is 1. The molecule has 3 nitrogen and oxygen atoms in total. The number of aliphatic hydroxyl groups is 1. The molecule has 1 atom stereocenters. The van der Waals surface area contributed by atoms with Crippen molar-refractivity contribution in [3.05, 3.63) is 34.9 Å². The lowest BCUT2D eigenvalue weighted by molar-refractivity contribution is 0.171. The normalized spacial score (nSPS) is 17.8. The summed E-state index contributed by atoms with van der Waals surface area (Å²) < 4.78 is 2.27. The Morgan fingerprint density at radius 1 is 1.38 bits per heavy atom. The minimum Gasteiger partial charge on any atom is -0.394 e. The highest BCUT2D eigenvalue weighted by molar-refractivity contribution is 14.1. The highest BCUT2D eigenvalue weighted by atomic mass is 127. The summed E-state index contributed by atoms with van der Waals surface area (Å²) in [6.07, 6.45) is 0. The molecular formula is C12H17IN2O. The predicted molar refractivity (Wildman–Crippen MR) is 73.2 cm³/mol. The Balaban J connectivity index is 2.28. The molecule has 1 aromatic carbocycles. The fourth-order valence-electron chi connectivity index (χ4n) is 2.15. The second-order valence-electron chi connectivity index (χ2n) is 4.47. The molecule has 2 rings (SSSR count). The van der Waals surface area contributed by atoms with Crippen LogP contribution in [0.5, 0.6) is 0 Å². The Morgan fingerprint density at radius 3 is 2.69 bits per heavy atom. The number of rotatable bonds is 3. The average molecular weight is 332 g/mol. The van der Waals surface area contributed by atoms with Crippen molar-refractivity contribution in [2.24, 2.45) is 0 Å². The SMILES string of the molecule is CN(C)C(CO)c1ccc2c(c1)CN(I)C2. The molecule has 1 unspecified atom stereocenters. The van der Waals surface area contributed by atoms with Crippen molar-refractivity contribution in [2.75, 3.05) is 20.7 Å². The Labute approximate surface area is 111 Å². The van der Waals surface area contributed by atoms with Gasteiger partial charge in [0, 0.05) is 36.0 Å². The summed E-state index contributed by atoms with van der Waals surface area (Å²) >= 11 is 2.35. The van der Waals surface area contributed by atoms with E-state index in [0.29, 0.717) is 0 Å². The summed E-state index contributed by atoms with van der Waals surface area (Å²) in [5.74, 6) is 0. The van der Waals surface area contributed by atoms with Crippen LogP contribution in [0.15, 0.2) is 18.2 Å². The summed E-state index contributed by atoms with van der Waals surface area (Å²) in [6.45, 7) is 2.21. The molecule has 0 saturated heterocycles. The standard InChI is InChI=1S/C12H17IN2O/c1-14(2)12(8-16)9-3-4-10-6-15(13)7-11(10)5-9/h3-5,12,16H,6-8H2,1-2H3. The van der Waals surface area contributed by atoms with E-state index < -0.39 is 0 Å². The van der Waals surface area contributed by atoms with Gasteiger partial charge in [0.15, 0.2) is 0 Å². The highest BCUT2D eigenvalue weighted by Crippen LogP contribution is 2.29. The molecule has 88 valence electrons. The molecule has 0 saturated carbocycles. The van der Waals surface area contributed by atoms with E-state index in [-0.39, 0.29) is 12.6 Å². The van der Waals surface area contributed by atoms with Crippen LogP contribution in [0.2, 0.25) is 0 Å². The zero-order chi connectivity index (χ0) is 11.7. The summed E-state index contributed by atoms with van der Waals surface area (Å²) in [4.78, 5) is 2.05. The van der Waals surface area contributed by atoms with E-state index in [2.05, 4.69) is 49.1 Å². The van der Waals surface area contributed by atoms with E-state index in [4.69, 9.17) is 0 Å². The van der Waals surface area contributed by atoms with Gasteiger partial charge >= 0.3 is 0 Å². The van der Waals surface area contributed by atoms with Crippen molar-refractivity contribution >= 4 is 22.9 Å². The lowest BCUT2D eigenvalue weighted by atomic mass is 10.0. The van der Waals surface area contributed by atoms with E-state index in [0.717, 1.165) is 13.1 Å². The van der Waals surface area contributed by atoms with Crippen molar-refractivity contribution in [3.63, 3.8) is 0 Å². The molecule has 0 aliphatic carbocycles. The number of fused-ring (bicyclic) bond motifs is 1. The van der Waals surface area contributed by atoms with Gasteiger partial charge < -0.3 is 10.0 Å². The van der Waals surface area contributed by atoms with Gasteiger partial charge in [-0.15, -0.1) is 0 Å². The second kappa shape index (κ2) is 5.00. The molecule has 4 heteroatoms. The van der Waals surface area contributed by atoms with Crippen molar-refractivity contribution < 1.29 is 5.11 Å².